The molecule has 0 aliphatic carbocycles. The summed E-state index contributed by atoms with van der Waals surface area (Å²) in [6.07, 6.45) is 9.31. The zero-order chi connectivity index (χ0) is 38.4. The average Bonchev–Trinajstić information content (AvgIpc) is 3.09. The van der Waals surface area contributed by atoms with Crippen molar-refractivity contribution in [3.63, 3.8) is 0 Å². The van der Waals surface area contributed by atoms with E-state index < -0.39 is 51.4 Å². The minimum Gasteiger partial charge on any atom is -0.507 e. The van der Waals surface area contributed by atoms with E-state index in [-0.39, 0.29) is 59.2 Å². The number of nitrogens with two attached hydrogens (primary N) is 1. The number of phenols is 2. The van der Waals surface area contributed by atoms with Crippen LogP contribution in [0.1, 0.15) is 115 Å². The number of carbonyl (C=O) groups excluding carboxylic acids is 4. The Morgan fingerprint density at radius 3 is 2.15 bits per heavy atom. The highest BCUT2D eigenvalue weighted by Gasteiger charge is 2.36. The van der Waals surface area contributed by atoms with Gasteiger partial charge in [-0.05, 0) is 74.5 Å². The van der Waals surface area contributed by atoms with Crippen LogP contribution in [0.4, 0.5) is 0 Å². The summed E-state index contributed by atoms with van der Waals surface area (Å²) in [6, 6.07) is 6.95. The van der Waals surface area contributed by atoms with Crippen LogP contribution in [-0.2, 0) is 35.4 Å². The number of fused-ring (bicyclic) bond motifs is 5. The highest BCUT2D eigenvalue weighted by Crippen LogP contribution is 2.39. The molecule has 5 N–H and O–H groups in total. The molecule has 11 nitrogen and oxygen atoms in total. The molecular weight excluding hydrogens is 683 g/mol. The van der Waals surface area contributed by atoms with Gasteiger partial charge in [0.05, 0.1) is 23.5 Å². The second-order valence-corrected chi connectivity index (χ2v) is 16.7. The number of Topliss-reactive ketones (excluding diaryl/α,β-unsaturated/α-hetero) is 2. The van der Waals surface area contributed by atoms with Crippen molar-refractivity contribution in [2.75, 3.05) is 25.1 Å². The van der Waals surface area contributed by atoms with Crippen LogP contribution in [0.3, 0.4) is 0 Å². The summed E-state index contributed by atoms with van der Waals surface area (Å²) in [5.74, 6) is -4.30. The largest absolute Gasteiger partial charge is 0.507 e. The van der Waals surface area contributed by atoms with Gasteiger partial charge in [-0.3, -0.25) is 19.2 Å². The number of rotatable bonds is 18. The van der Waals surface area contributed by atoms with Crippen molar-refractivity contribution in [2.24, 2.45) is 17.6 Å². The fourth-order valence-corrected chi connectivity index (χ4v) is 8.65. The van der Waals surface area contributed by atoms with Crippen LogP contribution in [0.5, 0.6) is 11.5 Å². The van der Waals surface area contributed by atoms with Gasteiger partial charge < -0.3 is 26.2 Å². The van der Waals surface area contributed by atoms with Gasteiger partial charge in [-0.25, -0.2) is 8.42 Å². The maximum absolute atomic E-state index is 14.3. The van der Waals surface area contributed by atoms with Gasteiger partial charge in [0.2, 0.25) is 11.8 Å². The van der Waals surface area contributed by atoms with Crippen LogP contribution in [-0.4, -0.2) is 78.1 Å². The van der Waals surface area contributed by atoms with E-state index in [4.69, 9.17) is 5.73 Å². The van der Waals surface area contributed by atoms with E-state index in [0.29, 0.717) is 36.9 Å². The SMILES string of the molecule is CCCCCCCCCCS(=O)(=O)C[C@@H](CCCCN)C(=O)N(C)[C@@H]1C(=O)C[C@@H](C)C(=O)N[C@H](C(C)=O)Cc2ccc(O)c(c2)-c2cc1ccc2O. The molecule has 12 heteroatoms. The van der Waals surface area contributed by atoms with Crippen molar-refractivity contribution >= 4 is 33.2 Å². The third kappa shape index (κ3) is 12.4. The topological polar surface area (TPSA) is 184 Å². The molecule has 0 radical (unpaired) electrons. The van der Waals surface area contributed by atoms with Crippen molar-refractivity contribution in [2.45, 2.75) is 116 Å². The van der Waals surface area contributed by atoms with E-state index in [1.165, 1.54) is 62.4 Å². The van der Waals surface area contributed by atoms with Crippen molar-refractivity contribution in [3.8, 4) is 22.6 Å². The summed E-state index contributed by atoms with van der Waals surface area (Å²) in [5, 5.41) is 24.6. The van der Waals surface area contributed by atoms with Gasteiger partial charge in [-0.1, -0.05) is 77.3 Å². The third-order valence-electron chi connectivity index (χ3n) is 10.0. The number of nitrogens with zero attached hydrogens (tertiary/aromatic N) is 1. The summed E-state index contributed by atoms with van der Waals surface area (Å²) in [5.41, 5.74) is 7.12. The smallest absolute Gasteiger partial charge is 0.227 e. The molecule has 1 aliphatic rings. The number of carbonyl (C=O) groups is 4. The second-order valence-electron chi connectivity index (χ2n) is 14.5. The quantitative estimate of drug-likeness (QED) is 0.137. The summed E-state index contributed by atoms with van der Waals surface area (Å²) in [7, 11) is -2.16. The number of likely N-dealkylation sites (N-methyl/N-ethyl adjacent to an activating group) is 1. The van der Waals surface area contributed by atoms with Crippen LogP contribution >= 0.6 is 0 Å². The van der Waals surface area contributed by atoms with Gasteiger partial charge >= 0.3 is 0 Å². The molecule has 0 saturated carbocycles. The summed E-state index contributed by atoms with van der Waals surface area (Å²) in [6.45, 7) is 5.48. The highest BCUT2D eigenvalue weighted by molar-refractivity contribution is 7.91. The van der Waals surface area contributed by atoms with Crippen LogP contribution in [0, 0.1) is 11.8 Å². The predicted octanol–water partition coefficient (Wildman–Crippen LogP) is 5.79. The number of hydrogen-bond acceptors (Lipinski definition) is 9. The number of unbranched alkanes of at least 4 members (excludes halogenated alkanes) is 8. The van der Waals surface area contributed by atoms with Gasteiger partial charge in [0.25, 0.3) is 0 Å². The van der Waals surface area contributed by atoms with E-state index in [2.05, 4.69) is 12.2 Å². The molecule has 1 heterocycles. The number of aromatic hydroxyl groups is 2. The Morgan fingerprint density at radius 1 is 0.904 bits per heavy atom. The maximum Gasteiger partial charge on any atom is 0.227 e. The third-order valence-corrected chi connectivity index (χ3v) is 11.9. The van der Waals surface area contributed by atoms with Crippen molar-refractivity contribution in [3.05, 3.63) is 47.5 Å². The van der Waals surface area contributed by atoms with Gasteiger partial charge in [0.1, 0.15) is 17.5 Å². The molecule has 0 spiro atoms. The Balaban J connectivity index is 1.98. The maximum atomic E-state index is 14.3. The van der Waals surface area contributed by atoms with Gasteiger partial charge in [-0.2, -0.15) is 0 Å². The summed E-state index contributed by atoms with van der Waals surface area (Å²) < 4.78 is 26.8. The average molecular weight is 742 g/mol. The standard InChI is InChI=1S/C40H59N3O8S/c1-5-6-7-8-9-10-11-14-21-52(50,51)26-31(15-12-13-20-41)40(49)43(4)38-30-17-19-36(46)33(25-30)32-23-29(16-18-35(32)45)24-34(28(3)44)42-39(48)27(2)22-37(38)47/h16-19,23,25,27,31,34,38,45-46H,5-15,20-22,24,26,41H2,1-4H3,(H,42,48)/t27-,31-,34+,38+/m1/s1. The van der Waals surface area contributed by atoms with Gasteiger partial charge in [-0.15, -0.1) is 0 Å². The number of benzene rings is 2. The Morgan fingerprint density at radius 2 is 1.52 bits per heavy atom. The van der Waals surface area contributed by atoms with Crippen LogP contribution in [0.15, 0.2) is 36.4 Å². The van der Waals surface area contributed by atoms with Crippen molar-refractivity contribution in [1.82, 2.24) is 10.2 Å². The second kappa shape index (κ2) is 20.5. The molecule has 52 heavy (non-hydrogen) atoms. The van der Waals surface area contributed by atoms with E-state index in [1.54, 1.807) is 19.1 Å². The summed E-state index contributed by atoms with van der Waals surface area (Å²) in [4.78, 5) is 55.6. The molecular formula is C40H59N3O8S. The van der Waals surface area contributed by atoms with Crippen LogP contribution < -0.4 is 11.1 Å². The van der Waals surface area contributed by atoms with E-state index in [0.717, 1.165) is 25.7 Å². The molecule has 0 saturated heterocycles. The van der Waals surface area contributed by atoms with Crippen LogP contribution in [0.25, 0.3) is 11.1 Å². The Hall–Kier alpha value is -3.77. The molecule has 2 aromatic carbocycles. The molecule has 4 bridgehead atoms. The number of ketones is 2. The van der Waals surface area contributed by atoms with Gasteiger partial charge in [0, 0.05) is 30.5 Å². The van der Waals surface area contributed by atoms with E-state index >= 15 is 0 Å². The monoisotopic (exact) mass is 741 g/mol. The Kier molecular flexibility index (Phi) is 16.8. The number of sulfone groups is 1. The first-order valence-electron chi connectivity index (χ1n) is 18.8. The fraction of sp³-hybridized carbons (Fsp3) is 0.600. The van der Waals surface area contributed by atoms with Crippen molar-refractivity contribution < 1.29 is 37.8 Å². The highest BCUT2D eigenvalue weighted by atomic mass is 32.2. The zero-order valence-electron chi connectivity index (χ0n) is 31.4. The van der Waals surface area contributed by atoms with E-state index in [1.807, 2.05) is 0 Å². The number of nitrogens with one attached hydrogen (secondary N) is 1. The molecule has 288 valence electrons. The van der Waals surface area contributed by atoms with Crippen molar-refractivity contribution in [1.29, 1.82) is 0 Å². The molecule has 2 aromatic rings. The van der Waals surface area contributed by atoms with E-state index in [9.17, 15) is 37.8 Å². The lowest BCUT2D eigenvalue weighted by Gasteiger charge is -2.32. The molecule has 2 amide bonds. The number of amides is 2. The lowest BCUT2D eigenvalue weighted by molar-refractivity contribution is -0.142. The number of hydrogen-bond donors (Lipinski definition) is 4. The van der Waals surface area contributed by atoms with Gasteiger partial charge in [0.15, 0.2) is 21.4 Å². The lowest BCUT2D eigenvalue weighted by Crippen LogP contribution is -2.45. The molecule has 3 rings (SSSR count). The minimum atomic E-state index is -3.61. The first kappa shape index (κ1) is 42.6. The molecule has 4 atom stereocenters. The lowest BCUT2D eigenvalue weighted by atomic mass is 9.89. The normalized spacial score (nSPS) is 18.7. The molecule has 0 aromatic heterocycles. The molecule has 0 fully saturated rings. The van der Waals surface area contributed by atoms with Crippen LogP contribution in [0.2, 0.25) is 0 Å². The first-order valence-corrected chi connectivity index (χ1v) is 20.7. The molecule has 0 unspecified atom stereocenters. The minimum absolute atomic E-state index is 0.0214. The Bertz CT molecular complexity index is 1640. The number of phenolic OH excluding ortho intramolecular Hbond substituents is 2. The summed E-state index contributed by atoms with van der Waals surface area (Å²) >= 11 is 0. The Labute approximate surface area is 309 Å². The zero-order valence-corrected chi connectivity index (χ0v) is 32.2. The predicted molar refractivity (Wildman–Crippen MR) is 203 cm³/mol. The molecule has 1 aliphatic heterocycles. The first-order chi connectivity index (χ1) is 24.7. The fourth-order valence-electron chi connectivity index (χ4n) is 6.92.